The minimum Gasteiger partial charge on any atom is -0.496 e. The number of methoxy groups -OCH3 is 1. The zero-order chi connectivity index (χ0) is 13.0. The molecule has 18 heavy (non-hydrogen) atoms. The van der Waals surface area contributed by atoms with Crippen LogP contribution < -0.4 is 15.4 Å². The summed E-state index contributed by atoms with van der Waals surface area (Å²) in [5.74, 6) is 0.372. The first-order valence-electron chi connectivity index (χ1n) is 6.06. The van der Waals surface area contributed by atoms with Gasteiger partial charge in [0.15, 0.2) is 0 Å². The van der Waals surface area contributed by atoms with Crippen molar-refractivity contribution in [1.29, 1.82) is 0 Å². The molecule has 1 aliphatic rings. The molecule has 1 heterocycles. The molecule has 1 unspecified atom stereocenters. The van der Waals surface area contributed by atoms with Gasteiger partial charge in [-0.15, -0.1) is 0 Å². The van der Waals surface area contributed by atoms with Gasteiger partial charge in [-0.1, -0.05) is 11.6 Å². The molecular weight excluding hydrogens is 252 g/mol. The smallest absolute Gasteiger partial charge is 0.255 e. The van der Waals surface area contributed by atoms with Gasteiger partial charge in [0.1, 0.15) is 5.75 Å². The normalized spacial score (nSPS) is 18.7. The lowest BCUT2D eigenvalue weighted by atomic mass is 10.1. The molecule has 1 aromatic carbocycles. The summed E-state index contributed by atoms with van der Waals surface area (Å²) in [4.78, 5) is 12.0. The van der Waals surface area contributed by atoms with E-state index in [0.29, 0.717) is 28.9 Å². The third-order valence-electron chi connectivity index (χ3n) is 3.08. The molecule has 1 fully saturated rings. The zero-order valence-corrected chi connectivity index (χ0v) is 11.1. The van der Waals surface area contributed by atoms with Crippen LogP contribution in [0.2, 0.25) is 5.02 Å². The Morgan fingerprint density at radius 1 is 1.61 bits per heavy atom. The lowest BCUT2D eigenvalue weighted by molar-refractivity contribution is 0.0947. The monoisotopic (exact) mass is 268 g/mol. The van der Waals surface area contributed by atoms with E-state index in [1.54, 1.807) is 18.2 Å². The van der Waals surface area contributed by atoms with E-state index in [2.05, 4.69) is 10.6 Å². The number of hydrogen-bond acceptors (Lipinski definition) is 3. The predicted molar refractivity (Wildman–Crippen MR) is 71.4 cm³/mol. The van der Waals surface area contributed by atoms with Crippen molar-refractivity contribution < 1.29 is 9.53 Å². The van der Waals surface area contributed by atoms with Gasteiger partial charge in [0, 0.05) is 17.6 Å². The highest BCUT2D eigenvalue weighted by molar-refractivity contribution is 6.30. The summed E-state index contributed by atoms with van der Waals surface area (Å²) in [7, 11) is 1.53. The maximum absolute atomic E-state index is 12.0. The second-order valence-electron chi connectivity index (χ2n) is 4.35. The summed E-state index contributed by atoms with van der Waals surface area (Å²) in [5, 5.41) is 6.80. The number of amides is 1. The molecule has 1 amide bonds. The van der Waals surface area contributed by atoms with Crippen LogP contribution in [0.1, 0.15) is 23.2 Å². The van der Waals surface area contributed by atoms with Crippen molar-refractivity contribution in [2.24, 2.45) is 0 Å². The number of benzene rings is 1. The molecule has 5 heteroatoms. The molecule has 4 nitrogen and oxygen atoms in total. The van der Waals surface area contributed by atoms with E-state index >= 15 is 0 Å². The number of ether oxygens (including phenoxy) is 1. The van der Waals surface area contributed by atoms with E-state index in [0.717, 1.165) is 13.0 Å². The summed E-state index contributed by atoms with van der Waals surface area (Å²) in [6.07, 6.45) is 2.28. The number of carbonyl (C=O) groups is 1. The number of halogens is 1. The van der Waals surface area contributed by atoms with Crippen molar-refractivity contribution >= 4 is 17.5 Å². The van der Waals surface area contributed by atoms with Crippen LogP contribution in [0.15, 0.2) is 18.2 Å². The van der Waals surface area contributed by atoms with Crippen LogP contribution in [0.3, 0.4) is 0 Å². The molecule has 0 bridgehead atoms. The largest absolute Gasteiger partial charge is 0.496 e. The second kappa shape index (κ2) is 6.07. The van der Waals surface area contributed by atoms with Gasteiger partial charge in [0.25, 0.3) is 5.91 Å². The maximum atomic E-state index is 12.0. The average molecular weight is 269 g/mol. The zero-order valence-electron chi connectivity index (χ0n) is 10.3. The molecule has 98 valence electrons. The molecule has 1 aliphatic heterocycles. The predicted octanol–water partition coefficient (Wildman–Crippen LogP) is 1.83. The fraction of sp³-hybridized carbons (Fsp3) is 0.462. The Morgan fingerprint density at radius 2 is 2.44 bits per heavy atom. The maximum Gasteiger partial charge on any atom is 0.255 e. The molecule has 2 rings (SSSR count). The lowest BCUT2D eigenvalue weighted by Gasteiger charge is -2.13. The molecule has 0 aliphatic carbocycles. The van der Waals surface area contributed by atoms with Crippen molar-refractivity contribution in [2.45, 2.75) is 18.9 Å². The summed E-state index contributed by atoms with van der Waals surface area (Å²) >= 11 is 5.86. The van der Waals surface area contributed by atoms with Gasteiger partial charge in [-0.25, -0.2) is 0 Å². The van der Waals surface area contributed by atoms with E-state index in [9.17, 15) is 4.79 Å². The first-order valence-corrected chi connectivity index (χ1v) is 6.43. The van der Waals surface area contributed by atoms with Crippen LogP contribution in [-0.4, -0.2) is 32.1 Å². The number of nitrogens with one attached hydrogen (secondary N) is 2. The van der Waals surface area contributed by atoms with Gasteiger partial charge < -0.3 is 15.4 Å². The number of rotatable bonds is 4. The van der Waals surface area contributed by atoms with Crippen LogP contribution in [-0.2, 0) is 0 Å². The van der Waals surface area contributed by atoms with E-state index in [4.69, 9.17) is 16.3 Å². The van der Waals surface area contributed by atoms with Gasteiger partial charge in [0.2, 0.25) is 0 Å². The molecule has 1 saturated heterocycles. The fourth-order valence-corrected chi connectivity index (χ4v) is 2.26. The lowest BCUT2D eigenvalue weighted by Crippen LogP contribution is -2.37. The average Bonchev–Trinajstić information content (AvgIpc) is 2.88. The Bertz CT molecular complexity index is 431. The number of carbonyl (C=O) groups excluding carboxylic acids is 1. The Hall–Kier alpha value is -1.26. The molecule has 1 atom stereocenters. The van der Waals surface area contributed by atoms with Crippen molar-refractivity contribution in [1.82, 2.24) is 10.6 Å². The fourth-order valence-electron chi connectivity index (χ4n) is 2.09. The summed E-state index contributed by atoms with van der Waals surface area (Å²) in [6.45, 7) is 1.68. The van der Waals surface area contributed by atoms with Crippen molar-refractivity contribution in [3.63, 3.8) is 0 Å². The van der Waals surface area contributed by atoms with Crippen LogP contribution >= 0.6 is 11.6 Å². The van der Waals surface area contributed by atoms with Gasteiger partial charge in [-0.2, -0.15) is 0 Å². The Morgan fingerprint density at radius 3 is 3.11 bits per heavy atom. The van der Waals surface area contributed by atoms with Gasteiger partial charge in [-0.05, 0) is 37.6 Å². The number of hydrogen-bond donors (Lipinski definition) is 2. The summed E-state index contributed by atoms with van der Waals surface area (Å²) in [5.41, 5.74) is 0.514. The minimum absolute atomic E-state index is 0.128. The minimum atomic E-state index is -0.128. The molecule has 0 saturated carbocycles. The van der Waals surface area contributed by atoms with Crippen molar-refractivity contribution in [3.05, 3.63) is 28.8 Å². The Labute approximate surface area is 112 Å². The second-order valence-corrected chi connectivity index (χ2v) is 4.78. The highest BCUT2D eigenvalue weighted by Gasteiger charge is 2.17. The molecule has 1 aromatic rings. The Kier molecular flexibility index (Phi) is 4.44. The van der Waals surface area contributed by atoms with Crippen LogP contribution in [0.5, 0.6) is 5.75 Å². The summed E-state index contributed by atoms with van der Waals surface area (Å²) in [6, 6.07) is 5.39. The highest BCUT2D eigenvalue weighted by Crippen LogP contribution is 2.22. The van der Waals surface area contributed by atoms with Crippen LogP contribution in [0.25, 0.3) is 0 Å². The topological polar surface area (TPSA) is 50.4 Å². The van der Waals surface area contributed by atoms with Gasteiger partial charge in [0.05, 0.1) is 12.7 Å². The van der Waals surface area contributed by atoms with Crippen molar-refractivity contribution in [2.75, 3.05) is 20.2 Å². The van der Waals surface area contributed by atoms with Gasteiger partial charge >= 0.3 is 0 Å². The van der Waals surface area contributed by atoms with E-state index in [-0.39, 0.29) is 5.91 Å². The molecule has 0 spiro atoms. The standard InChI is InChI=1S/C13H17ClN2O2/c1-18-12-7-9(14)4-5-11(12)13(17)16-8-10-3-2-6-15-10/h4-5,7,10,15H,2-3,6,8H2,1H3,(H,16,17). The van der Waals surface area contributed by atoms with E-state index < -0.39 is 0 Å². The first-order chi connectivity index (χ1) is 8.70. The quantitative estimate of drug-likeness (QED) is 0.876. The van der Waals surface area contributed by atoms with Crippen molar-refractivity contribution in [3.8, 4) is 5.75 Å². The van der Waals surface area contributed by atoms with Gasteiger partial charge in [-0.3, -0.25) is 4.79 Å². The molecular formula is C13H17ClN2O2. The SMILES string of the molecule is COc1cc(Cl)ccc1C(=O)NCC1CCCN1. The highest BCUT2D eigenvalue weighted by atomic mass is 35.5. The Balaban J connectivity index is 1.99. The third kappa shape index (κ3) is 3.15. The molecule has 0 aromatic heterocycles. The van der Waals surface area contributed by atoms with E-state index in [1.165, 1.54) is 13.5 Å². The first kappa shape index (κ1) is 13.2. The van der Waals surface area contributed by atoms with Crippen LogP contribution in [0, 0.1) is 0 Å². The van der Waals surface area contributed by atoms with E-state index in [1.807, 2.05) is 0 Å². The summed E-state index contributed by atoms with van der Waals surface area (Å²) < 4.78 is 5.16. The molecule has 0 radical (unpaired) electrons. The molecule has 2 N–H and O–H groups in total. The third-order valence-corrected chi connectivity index (χ3v) is 3.31. The van der Waals surface area contributed by atoms with Crippen LogP contribution in [0.4, 0.5) is 0 Å².